The molecule has 3 rings (SSSR count). The predicted octanol–water partition coefficient (Wildman–Crippen LogP) is 2.32. The Morgan fingerprint density at radius 3 is 2.34 bits per heavy atom. The first kappa shape index (κ1) is 20.8. The van der Waals surface area contributed by atoms with Gasteiger partial charge in [-0.25, -0.2) is 0 Å². The molecule has 154 valence electrons. The molecule has 7 nitrogen and oxygen atoms in total. The van der Waals surface area contributed by atoms with Crippen LogP contribution in [-0.4, -0.2) is 63.2 Å². The first-order valence-electron chi connectivity index (χ1n) is 9.71. The SMILES string of the molecule is COc1ccc(C)cc1NC(=O)c1ccc(C(=O)NCCN2CCOCC2)cc1. The van der Waals surface area contributed by atoms with E-state index in [4.69, 9.17) is 9.47 Å². The fourth-order valence-electron chi connectivity index (χ4n) is 3.14. The maximum Gasteiger partial charge on any atom is 0.255 e. The average molecular weight is 397 g/mol. The lowest BCUT2D eigenvalue weighted by molar-refractivity contribution is 0.0383. The van der Waals surface area contributed by atoms with Gasteiger partial charge in [-0.05, 0) is 48.9 Å². The first-order valence-corrected chi connectivity index (χ1v) is 9.71. The van der Waals surface area contributed by atoms with E-state index in [1.165, 1.54) is 0 Å². The summed E-state index contributed by atoms with van der Waals surface area (Å²) in [6.45, 7) is 6.60. The number of nitrogens with one attached hydrogen (secondary N) is 2. The molecule has 0 bridgehead atoms. The Bertz CT molecular complexity index is 846. The molecule has 0 atom stereocenters. The van der Waals surface area contributed by atoms with E-state index in [-0.39, 0.29) is 11.8 Å². The number of morpholine rings is 1. The van der Waals surface area contributed by atoms with Crippen LogP contribution in [-0.2, 0) is 4.74 Å². The zero-order valence-corrected chi connectivity index (χ0v) is 16.9. The molecule has 0 unspecified atom stereocenters. The highest BCUT2D eigenvalue weighted by atomic mass is 16.5. The fraction of sp³-hybridized carbons (Fsp3) is 0.364. The Labute approximate surface area is 171 Å². The monoisotopic (exact) mass is 397 g/mol. The van der Waals surface area contributed by atoms with Crippen molar-refractivity contribution in [2.75, 3.05) is 51.8 Å². The third-order valence-electron chi connectivity index (χ3n) is 4.83. The van der Waals surface area contributed by atoms with Crippen LogP contribution in [0.1, 0.15) is 26.3 Å². The van der Waals surface area contributed by atoms with Crippen molar-refractivity contribution in [2.45, 2.75) is 6.92 Å². The molecule has 1 aliphatic rings. The van der Waals surface area contributed by atoms with Crippen LogP contribution in [0.3, 0.4) is 0 Å². The summed E-state index contributed by atoms with van der Waals surface area (Å²) in [5.41, 5.74) is 2.63. The minimum atomic E-state index is -0.256. The molecule has 2 N–H and O–H groups in total. The van der Waals surface area contributed by atoms with Crippen molar-refractivity contribution < 1.29 is 19.1 Å². The number of rotatable bonds is 7. The molecule has 1 heterocycles. The van der Waals surface area contributed by atoms with Gasteiger partial charge in [0.05, 0.1) is 26.0 Å². The molecular formula is C22H27N3O4. The molecule has 0 aliphatic carbocycles. The molecule has 1 saturated heterocycles. The van der Waals surface area contributed by atoms with Crippen molar-refractivity contribution in [3.8, 4) is 5.75 Å². The maximum absolute atomic E-state index is 12.5. The van der Waals surface area contributed by atoms with Crippen molar-refractivity contribution in [1.29, 1.82) is 0 Å². The van der Waals surface area contributed by atoms with Crippen LogP contribution >= 0.6 is 0 Å². The summed E-state index contributed by atoms with van der Waals surface area (Å²) in [6, 6.07) is 12.2. The zero-order chi connectivity index (χ0) is 20.6. The lowest BCUT2D eigenvalue weighted by atomic mass is 10.1. The summed E-state index contributed by atoms with van der Waals surface area (Å²) in [7, 11) is 1.56. The van der Waals surface area contributed by atoms with Crippen molar-refractivity contribution in [3.05, 3.63) is 59.2 Å². The number of carbonyl (C=O) groups is 2. The average Bonchev–Trinajstić information content (AvgIpc) is 2.74. The lowest BCUT2D eigenvalue weighted by Gasteiger charge is -2.26. The quantitative estimate of drug-likeness (QED) is 0.750. The van der Waals surface area contributed by atoms with E-state index in [2.05, 4.69) is 15.5 Å². The zero-order valence-electron chi connectivity index (χ0n) is 16.9. The van der Waals surface area contributed by atoms with Crippen molar-refractivity contribution in [2.24, 2.45) is 0 Å². The summed E-state index contributed by atoms with van der Waals surface area (Å²) >= 11 is 0. The Hall–Kier alpha value is -2.90. The summed E-state index contributed by atoms with van der Waals surface area (Å²) in [5, 5.41) is 5.78. The molecule has 0 spiro atoms. The van der Waals surface area contributed by atoms with Gasteiger partial charge in [-0.15, -0.1) is 0 Å². The molecule has 0 radical (unpaired) electrons. The number of carbonyl (C=O) groups excluding carboxylic acids is 2. The molecule has 7 heteroatoms. The van der Waals surface area contributed by atoms with E-state index in [1.807, 2.05) is 25.1 Å². The van der Waals surface area contributed by atoms with Gasteiger partial charge in [-0.2, -0.15) is 0 Å². The number of ether oxygens (including phenoxy) is 2. The van der Waals surface area contributed by atoms with Gasteiger partial charge < -0.3 is 20.1 Å². The van der Waals surface area contributed by atoms with Gasteiger partial charge in [0.1, 0.15) is 5.75 Å². The van der Waals surface area contributed by atoms with Crippen LogP contribution in [0.4, 0.5) is 5.69 Å². The Kier molecular flexibility index (Phi) is 7.21. The standard InChI is InChI=1S/C22H27N3O4/c1-16-3-8-20(28-2)19(15-16)24-22(27)18-6-4-17(5-7-18)21(26)23-9-10-25-11-13-29-14-12-25/h3-8,15H,9-14H2,1-2H3,(H,23,26)(H,24,27). The normalized spacial score (nSPS) is 14.3. The van der Waals surface area contributed by atoms with E-state index in [0.717, 1.165) is 38.4 Å². The highest BCUT2D eigenvalue weighted by Gasteiger charge is 2.13. The molecule has 2 aromatic rings. The highest BCUT2D eigenvalue weighted by molar-refractivity contribution is 6.05. The Morgan fingerprint density at radius 2 is 1.69 bits per heavy atom. The largest absolute Gasteiger partial charge is 0.495 e. The number of hydrogen-bond acceptors (Lipinski definition) is 5. The van der Waals surface area contributed by atoms with Gasteiger partial charge in [-0.3, -0.25) is 14.5 Å². The number of methoxy groups -OCH3 is 1. The molecule has 2 aromatic carbocycles. The predicted molar refractivity (Wildman–Crippen MR) is 112 cm³/mol. The number of nitrogens with zero attached hydrogens (tertiary/aromatic N) is 1. The molecular weight excluding hydrogens is 370 g/mol. The van der Waals surface area contributed by atoms with Crippen LogP contribution in [0, 0.1) is 6.92 Å². The van der Waals surface area contributed by atoms with E-state index in [0.29, 0.717) is 29.1 Å². The van der Waals surface area contributed by atoms with E-state index in [1.54, 1.807) is 31.4 Å². The summed E-state index contributed by atoms with van der Waals surface area (Å²) in [4.78, 5) is 27.1. The second kappa shape index (κ2) is 10.0. The van der Waals surface area contributed by atoms with E-state index in [9.17, 15) is 9.59 Å². The first-order chi connectivity index (χ1) is 14.1. The number of hydrogen-bond donors (Lipinski definition) is 2. The van der Waals surface area contributed by atoms with Gasteiger partial charge in [0.2, 0.25) is 0 Å². The van der Waals surface area contributed by atoms with Crippen LogP contribution in [0.15, 0.2) is 42.5 Å². The molecule has 29 heavy (non-hydrogen) atoms. The Balaban J connectivity index is 1.54. The smallest absolute Gasteiger partial charge is 0.255 e. The minimum absolute atomic E-state index is 0.148. The fourth-order valence-corrected chi connectivity index (χ4v) is 3.14. The number of benzene rings is 2. The van der Waals surface area contributed by atoms with E-state index < -0.39 is 0 Å². The highest BCUT2D eigenvalue weighted by Crippen LogP contribution is 2.25. The van der Waals surface area contributed by atoms with E-state index >= 15 is 0 Å². The van der Waals surface area contributed by atoms with Gasteiger partial charge in [0, 0.05) is 37.3 Å². The van der Waals surface area contributed by atoms with Crippen molar-refractivity contribution in [1.82, 2.24) is 10.2 Å². The maximum atomic E-state index is 12.5. The van der Waals surface area contributed by atoms with Crippen LogP contribution < -0.4 is 15.4 Å². The number of amides is 2. The van der Waals surface area contributed by atoms with Gasteiger partial charge >= 0.3 is 0 Å². The van der Waals surface area contributed by atoms with Gasteiger partial charge in [0.15, 0.2) is 0 Å². The van der Waals surface area contributed by atoms with Gasteiger partial charge in [-0.1, -0.05) is 6.07 Å². The lowest BCUT2D eigenvalue weighted by Crippen LogP contribution is -2.41. The number of anilines is 1. The van der Waals surface area contributed by atoms with Crippen LogP contribution in [0.5, 0.6) is 5.75 Å². The molecule has 0 saturated carbocycles. The second-order valence-electron chi connectivity index (χ2n) is 6.95. The third-order valence-corrected chi connectivity index (χ3v) is 4.83. The van der Waals surface area contributed by atoms with Crippen LogP contribution in [0.2, 0.25) is 0 Å². The third kappa shape index (κ3) is 5.79. The molecule has 2 amide bonds. The second-order valence-corrected chi connectivity index (χ2v) is 6.95. The van der Waals surface area contributed by atoms with Gasteiger partial charge in [0.25, 0.3) is 11.8 Å². The Morgan fingerprint density at radius 1 is 1.03 bits per heavy atom. The minimum Gasteiger partial charge on any atom is -0.495 e. The molecule has 1 fully saturated rings. The summed E-state index contributed by atoms with van der Waals surface area (Å²) in [6.07, 6.45) is 0. The summed E-state index contributed by atoms with van der Waals surface area (Å²) in [5.74, 6) is 0.193. The summed E-state index contributed by atoms with van der Waals surface area (Å²) < 4.78 is 10.6. The topological polar surface area (TPSA) is 79.9 Å². The van der Waals surface area contributed by atoms with Crippen LogP contribution in [0.25, 0.3) is 0 Å². The molecule has 1 aliphatic heterocycles. The van der Waals surface area contributed by atoms with Crippen molar-refractivity contribution >= 4 is 17.5 Å². The molecule has 0 aromatic heterocycles. The number of aryl methyl sites for hydroxylation is 1. The van der Waals surface area contributed by atoms with Crippen molar-refractivity contribution in [3.63, 3.8) is 0 Å².